The number of guanidine groups is 1. The van der Waals surface area contributed by atoms with Crippen molar-refractivity contribution in [2.75, 3.05) is 18.1 Å². The van der Waals surface area contributed by atoms with Crippen molar-refractivity contribution in [3.05, 3.63) is 33.9 Å². The Morgan fingerprint density at radius 2 is 1.95 bits per heavy atom. The third-order valence-corrected chi connectivity index (χ3v) is 7.87. The van der Waals surface area contributed by atoms with E-state index in [-0.39, 0.29) is 28.2 Å². The second-order valence-corrected chi connectivity index (χ2v) is 12.1. The maximum atomic E-state index is 12.8. The molecule has 16 heteroatoms. The highest BCUT2D eigenvalue weighted by Crippen LogP contribution is 2.35. The molecule has 1 aliphatic rings. The van der Waals surface area contributed by atoms with E-state index in [1.807, 2.05) is 0 Å². The number of alkyl carbamates (subject to hydrolysis) is 1. The SMILES string of the molecule is Cc1cc(OC(F)F)cnc1C(=O)Nc1csc([C@]2(C)CS(=O)(=O)N(C)C(NC(=O)OC(C)(C)C)=N2)n1. The molecule has 0 fully saturated rings. The zero-order valence-electron chi connectivity index (χ0n) is 20.8. The van der Waals surface area contributed by atoms with E-state index in [9.17, 15) is 26.8 Å². The number of hydrogen-bond donors (Lipinski definition) is 2. The van der Waals surface area contributed by atoms with Gasteiger partial charge in [-0.05, 0) is 46.2 Å². The third-order valence-electron chi connectivity index (χ3n) is 4.84. The zero-order valence-corrected chi connectivity index (χ0v) is 22.5. The Hall–Kier alpha value is -3.40. The standard InChI is InChI=1S/C21H26F2N6O6S2/c1-11-7-12(34-17(22)23)8-24-14(11)15(30)25-13-9-36-16(26-13)21(5)10-37(32,33)29(6)18(28-21)27-19(31)35-20(2,3)4/h7-9,17H,10H2,1-6H3,(H,25,30)(H,27,28,31)/t21-/m0/s1. The number of rotatable bonds is 5. The van der Waals surface area contributed by atoms with Gasteiger partial charge in [-0.1, -0.05) is 0 Å². The van der Waals surface area contributed by atoms with Crippen LogP contribution in [0.3, 0.4) is 0 Å². The van der Waals surface area contributed by atoms with Crippen molar-refractivity contribution < 1.29 is 36.3 Å². The molecule has 3 heterocycles. The summed E-state index contributed by atoms with van der Waals surface area (Å²) in [6.45, 7) is 4.99. The Bertz CT molecular complexity index is 1340. The third kappa shape index (κ3) is 6.88. The number of carbonyl (C=O) groups is 2. The monoisotopic (exact) mass is 560 g/mol. The summed E-state index contributed by atoms with van der Waals surface area (Å²) in [5, 5.41) is 6.66. The first-order valence-corrected chi connectivity index (χ1v) is 13.2. The van der Waals surface area contributed by atoms with Crippen molar-refractivity contribution in [2.45, 2.75) is 52.4 Å². The number of sulfonamides is 1. The molecule has 0 spiro atoms. The van der Waals surface area contributed by atoms with Crippen LogP contribution < -0.4 is 15.4 Å². The molecule has 2 amide bonds. The maximum Gasteiger partial charge on any atom is 0.414 e. The van der Waals surface area contributed by atoms with E-state index >= 15 is 0 Å². The second kappa shape index (κ2) is 10.2. The van der Waals surface area contributed by atoms with E-state index < -0.39 is 45.5 Å². The summed E-state index contributed by atoms with van der Waals surface area (Å²) in [6, 6.07) is 1.25. The van der Waals surface area contributed by atoms with Crippen LogP contribution in [0.15, 0.2) is 22.6 Å². The maximum absolute atomic E-state index is 12.8. The highest BCUT2D eigenvalue weighted by Gasteiger charge is 2.43. The summed E-state index contributed by atoms with van der Waals surface area (Å²) in [5.74, 6) is -1.42. The molecule has 2 aromatic rings. The van der Waals surface area contributed by atoms with Crippen LogP contribution in [-0.4, -0.2) is 65.7 Å². The smallest absolute Gasteiger partial charge is 0.414 e. The van der Waals surface area contributed by atoms with Crippen LogP contribution in [0.4, 0.5) is 19.4 Å². The predicted molar refractivity (Wildman–Crippen MR) is 131 cm³/mol. The van der Waals surface area contributed by atoms with Gasteiger partial charge in [-0.2, -0.15) is 8.78 Å². The fourth-order valence-corrected chi connectivity index (χ4v) is 5.64. The lowest BCUT2D eigenvalue weighted by Gasteiger charge is -2.34. The summed E-state index contributed by atoms with van der Waals surface area (Å²) >= 11 is 1.05. The van der Waals surface area contributed by atoms with Gasteiger partial charge in [0.15, 0.2) is 0 Å². The van der Waals surface area contributed by atoms with E-state index in [0.29, 0.717) is 5.56 Å². The Kier molecular flexibility index (Phi) is 7.74. The van der Waals surface area contributed by atoms with Crippen LogP contribution in [0.2, 0.25) is 0 Å². The average molecular weight is 561 g/mol. The number of aryl methyl sites for hydroxylation is 1. The topological polar surface area (TPSA) is 152 Å². The molecule has 1 aliphatic heterocycles. The summed E-state index contributed by atoms with van der Waals surface area (Å²) in [5.41, 5.74) is -1.94. The molecule has 37 heavy (non-hydrogen) atoms. The largest absolute Gasteiger partial charge is 0.444 e. The van der Waals surface area contributed by atoms with Crippen LogP contribution in [0.1, 0.15) is 48.8 Å². The molecule has 0 bridgehead atoms. The summed E-state index contributed by atoms with van der Waals surface area (Å²) < 4.78 is 60.8. The minimum absolute atomic E-state index is 0.0360. The van der Waals surface area contributed by atoms with Gasteiger partial charge < -0.3 is 14.8 Å². The molecule has 1 atom stereocenters. The quantitative estimate of drug-likeness (QED) is 0.566. The van der Waals surface area contributed by atoms with Crippen LogP contribution in [-0.2, 0) is 20.3 Å². The number of pyridine rings is 1. The average Bonchev–Trinajstić information content (AvgIpc) is 3.19. The number of ether oxygens (including phenoxy) is 2. The number of aliphatic imine (C=N–C) groups is 1. The van der Waals surface area contributed by atoms with Gasteiger partial charge in [0.2, 0.25) is 16.0 Å². The van der Waals surface area contributed by atoms with E-state index in [1.54, 1.807) is 20.8 Å². The summed E-state index contributed by atoms with van der Waals surface area (Å²) in [7, 11) is -2.64. The van der Waals surface area contributed by atoms with Crippen molar-refractivity contribution >= 4 is 45.1 Å². The molecule has 0 unspecified atom stereocenters. The zero-order chi connectivity index (χ0) is 27.8. The molecule has 0 aromatic carbocycles. The molecule has 0 saturated carbocycles. The number of halogens is 2. The Morgan fingerprint density at radius 3 is 2.54 bits per heavy atom. The first kappa shape index (κ1) is 28.2. The molecular weight excluding hydrogens is 534 g/mol. The number of aromatic nitrogens is 2. The van der Waals surface area contributed by atoms with E-state index in [2.05, 4.69) is 30.3 Å². The van der Waals surface area contributed by atoms with Gasteiger partial charge in [0.1, 0.15) is 39.2 Å². The number of nitrogens with one attached hydrogen (secondary N) is 2. The van der Waals surface area contributed by atoms with Gasteiger partial charge in [0, 0.05) is 12.4 Å². The minimum Gasteiger partial charge on any atom is -0.444 e. The fourth-order valence-electron chi connectivity index (χ4n) is 3.24. The van der Waals surface area contributed by atoms with Crippen LogP contribution in [0, 0.1) is 6.92 Å². The molecular formula is C21H26F2N6O6S2. The normalized spacial score (nSPS) is 19.3. The summed E-state index contributed by atoms with van der Waals surface area (Å²) in [4.78, 5) is 37.5. The highest BCUT2D eigenvalue weighted by molar-refractivity contribution is 7.89. The number of amides is 2. The number of thiazole rings is 1. The molecule has 0 aliphatic carbocycles. The van der Waals surface area contributed by atoms with Gasteiger partial charge in [0.25, 0.3) is 5.91 Å². The number of alkyl halides is 2. The number of nitrogens with zero attached hydrogens (tertiary/aromatic N) is 4. The fraction of sp³-hybridized carbons (Fsp3) is 0.476. The Morgan fingerprint density at radius 1 is 1.27 bits per heavy atom. The molecule has 202 valence electrons. The van der Waals surface area contributed by atoms with E-state index in [0.717, 1.165) is 21.8 Å². The van der Waals surface area contributed by atoms with Crippen LogP contribution >= 0.6 is 11.3 Å². The van der Waals surface area contributed by atoms with Gasteiger partial charge in [-0.3, -0.25) is 10.1 Å². The van der Waals surface area contributed by atoms with Crippen molar-refractivity contribution in [3.63, 3.8) is 0 Å². The van der Waals surface area contributed by atoms with Crippen molar-refractivity contribution in [1.82, 2.24) is 19.6 Å². The van der Waals surface area contributed by atoms with Crippen molar-refractivity contribution in [1.29, 1.82) is 0 Å². The molecule has 0 saturated heterocycles. The lowest BCUT2D eigenvalue weighted by molar-refractivity contribution is -0.0501. The van der Waals surface area contributed by atoms with Crippen LogP contribution in [0.5, 0.6) is 5.75 Å². The van der Waals surface area contributed by atoms with Gasteiger partial charge in [0.05, 0.1) is 6.20 Å². The Labute approximate surface area is 216 Å². The Balaban J connectivity index is 1.83. The number of hydrogen-bond acceptors (Lipinski definition) is 10. The van der Waals surface area contributed by atoms with Gasteiger partial charge in [-0.15, -0.1) is 11.3 Å². The number of carbonyl (C=O) groups excluding carboxylic acids is 2. The van der Waals surface area contributed by atoms with E-state index in [1.165, 1.54) is 32.3 Å². The highest BCUT2D eigenvalue weighted by atomic mass is 32.2. The first-order valence-electron chi connectivity index (χ1n) is 10.7. The van der Waals surface area contributed by atoms with Crippen molar-refractivity contribution in [2.24, 2.45) is 4.99 Å². The lowest BCUT2D eigenvalue weighted by Crippen LogP contribution is -2.54. The van der Waals surface area contributed by atoms with E-state index in [4.69, 9.17) is 4.74 Å². The predicted octanol–water partition coefficient (Wildman–Crippen LogP) is 3.07. The van der Waals surface area contributed by atoms with Gasteiger partial charge in [-0.25, -0.2) is 32.5 Å². The van der Waals surface area contributed by atoms with Gasteiger partial charge >= 0.3 is 12.7 Å². The first-order chi connectivity index (χ1) is 17.0. The van der Waals surface area contributed by atoms with Crippen molar-refractivity contribution in [3.8, 4) is 5.75 Å². The van der Waals surface area contributed by atoms with Crippen LogP contribution in [0.25, 0.3) is 0 Å². The lowest BCUT2D eigenvalue weighted by atomic mass is 10.1. The molecule has 2 aromatic heterocycles. The molecule has 3 rings (SSSR count). The molecule has 2 N–H and O–H groups in total. The molecule has 0 radical (unpaired) electrons. The number of anilines is 1. The second-order valence-electron chi connectivity index (χ2n) is 9.27. The molecule has 12 nitrogen and oxygen atoms in total. The minimum atomic E-state index is -3.89. The summed E-state index contributed by atoms with van der Waals surface area (Å²) in [6.07, 6.45) is 0.122.